The number of ether oxygens (including phenoxy) is 1. The first-order valence-corrected chi connectivity index (χ1v) is 4.95. The molecule has 0 radical (unpaired) electrons. The molecule has 2 aliphatic heterocycles. The lowest BCUT2D eigenvalue weighted by Crippen LogP contribution is -2.62. The molecule has 5 nitrogen and oxygen atoms in total. The predicted molar refractivity (Wildman–Crippen MR) is 48.5 cm³/mol. The minimum atomic E-state index is -0.499. The van der Waals surface area contributed by atoms with E-state index in [4.69, 9.17) is 4.74 Å². The van der Waals surface area contributed by atoms with Gasteiger partial charge in [-0.3, -0.25) is 4.79 Å². The van der Waals surface area contributed by atoms with Gasteiger partial charge in [-0.05, 0) is 19.8 Å². The van der Waals surface area contributed by atoms with Crippen LogP contribution in [-0.4, -0.2) is 36.6 Å². The molecule has 2 N–H and O–H groups in total. The summed E-state index contributed by atoms with van der Waals surface area (Å²) in [6.07, 6.45) is 1.67. The highest BCUT2D eigenvalue weighted by Crippen LogP contribution is 2.20. The van der Waals surface area contributed by atoms with E-state index in [0.29, 0.717) is 6.61 Å². The summed E-state index contributed by atoms with van der Waals surface area (Å²) < 4.78 is 4.89. The van der Waals surface area contributed by atoms with Gasteiger partial charge in [0.1, 0.15) is 6.04 Å². The number of carbonyl (C=O) groups excluding carboxylic acids is 2. The molecule has 0 aromatic carbocycles. The quantitative estimate of drug-likeness (QED) is 0.568. The molecule has 2 saturated heterocycles. The third kappa shape index (κ3) is 1.48. The zero-order chi connectivity index (χ0) is 10.1. The second-order valence-corrected chi connectivity index (χ2v) is 3.64. The molecule has 2 rings (SSSR count). The summed E-state index contributed by atoms with van der Waals surface area (Å²) in [6, 6.07) is -0.552. The molecule has 0 saturated carbocycles. The van der Waals surface area contributed by atoms with Crippen molar-refractivity contribution in [2.24, 2.45) is 0 Å². The number of hydrogen-bond donors (Lipinski definition) is 2. The molecule has 0 aliphatic carbocycles. The van der Waals surface area contributed by atoms with Gasteiger partial charge in [0.25, 0.3) is 0 Å². The van der Waals surface area contributed by atoms with Gasteiger partial charge in [0.05, 0.1) is 12.6 Å². The number of carbonyl (C=O) groups is 2. The first kappa shape index (κ1) is 9.45. The summed E-state index contributed by atoms with van der Waals surface area (Å²) >= 11 is 0. The molecule has 1 unspecified atom stereocenters. The van der Waals surface area contributed by atoms with Gasteiger partial charge in [0.2, 0.25) is 5.91 Å². The number of esters is 1. The molecule has 2 fully saturated rings. The highest BCUT2D eigenvalue weighted by molar-refractivity contribution is 5.90. The van der Waals surface area contributed by atoms with E-state index in [9.17, 15) is 9.59 Å². The molecular weight excluding hydrogens is 184 g/mol. The third-order valence-corrected chi connectivity index (χ3v) is 2.74. The molecule has 2 aliphatic rings. The van der Waals surface area contributed by atoms with Crippen molar-refractivity contribution in [3.05, 3.63) is 0 Å². The number of piperazine rings is 1. The first-order chi connectivity index (χ1) is 6.72. The molecular formula is C9H14N2O3. The van der Waals surface area contributed by atoms with E-state index in [0.717, 1.165) is 12.8 Å². The summed E-state index contributed by atoms with van der Waals surface area (Å²) in [4.78, 5) is 22.8. The van der Waals surface area contributed by atoms with E-state index in [1.807, 2.05) is 0 Å². The average Bonchev–Trinajstić information content (AvgIpc) is 2.57. The molecule has 1 amide bonds. The van der Waals surface area contributed by atoms with E-state index in [1.54, 1.807) is 6.92 Å². The van der Waals surface area contributed by atoms with Crippen molar-refractivity contribution in [2.45, 2.75) is 37.9 Å². The molecule has 0 spiro atoms. The van der Waals surface area contributed by atoms with E-state index in [2.05, 4.69) is 10.6 Å². The Hall–Kier alpha value is -1.10. The Morgan fingerprint density at radius 3 is 3.07 bits per heavy atom. The second-order valence-electron chi connectivity index (χ2n) is 3.64. The maximum atomic E-state index is 11.5. The van der Waals surface area contributed by atoms with Crippen LogP contribution in [0.25, 0.3) is 0 Å². The minimum Gasteiger partial charge on any atom is -0.464 e. The van der Waals surface area contributed by atoms with Crippen LogP contribution in [0.3, 0.4) is 0 Å². The summed E-state index contributed by atoms with van der Waals surface area (Å²) in [7, 11) is 0. The Kier molecular flexibility index (Phi) is 2.41. The van der Waals surface area contributed by atoms with Crippen molar-refractivity contribution >= 4 is 11.9 Å². The van der Waals surface area contributed by atoms with E-state index in [1.165, 1.54) is 0 Å². The van der Waals surface area contributed by atoms with Crippen LogP contribution < -0.4 is 10.6 Å². The zero-order valence-electron chi connectivity index (χ0n) is 8.08. The minimum absolute atomic E-state index is 0.0525. The molecule has 14 heavy (non-hydrogen) atoms. The molecule has 78 valence electrons. The van der Waals surface area contributed by atoms with Gasteiger partial charge >= 0.3 is 5.97 Å². The normalized spacial score (nSPS) is 35.2. The smallest absolute Gasteiger partial charge is 0.330 e. The Morgan fingerprint density at radius 2 is 2.36 bits per heavy atom. The van der Waals surface area contributed by atoms with Crippen LogP contribution in [0.4, 0.5) is 0 Å². The van der Waals surface area contributed by atoms with Crippen LogP contribution in [-0.2, 0) is 14.3 Å². The Bertz CT molecular complexity index is 267. The summed E-state index contributed by atoms with van der Waals surface area (Å²) in [5.74, 6) is -0.421. The van der Waals surface area contributed by atoms with E-state index < -0.39 is 6.04 Å². The largest absolute Gasteiger partial charge is 0.464 e. The number of amides is 1. The van der Waals surface area contributed by atoms with E-state index in [-0.39, 0.29) is 24.0 Å². The van der Waals surface area contributed by atoms with Gasteiger partial charge in [-0.25, -0.2) is 4.79 Å². The van der Waals surface area contributed by atoms with Gasteiger partial charge in [0, 0.05) is 6.04 Å². The number of fused-ring (bicyclic) bond motifs is 2. The van der Waals surface area contributed by atoms with Crippen molar-refractivity contribution in [2.75, 3.05) is 6.61 Å². The highest BCUT2D eigenvalue weighted by atomic mass is 16.5. The van der Waals surface area contributed by atoms with Crippen LogP contribution in [0.1, 0.15) is 19.8 Å². The molecule has 2 bridgehead atoms. The maximum absolute atomic E-state index is 11.5. The average molecular weight is 198 g/mol. The summed E-state index contributed by atoms with van der Waals surface area (Å²) in [5.41, 5.74) is 0. The number of rotatable bonds is 2. The summed E-state index contributed by atoms with van der Waals surface area (Å²) in [5, 5.41) is 5.80. The van der Waals surface area contributed by atoms with Crippen molar-refractivity contribution in [1.29, 1.82) is 0 Å². The lowest BCUT2D eigenvalue weighted by Gasteiger charge is -2.28. The monoisotopic (exact) mass is 198 g/mol. The Morgan fingerprint density at radius 1 is 1.57 bits per heavy atom. The molecule has 3 atom stereocenters. The van der Waals surface area contributed by atoms with Gasteiger partial charge in [-0.1, -0.05) is 0 Å². The van der Waals surface area contributed by atoms with Crippen LogP contribution in [0.5, 0.6) is 0 Å². The van der Waals surface area contributed by atoms with Crippen molar-refractivity contribution in [1.82, 2.24) is 10.6 Å². The summed E-state index contributed by atoms with van der Waals surface area (Å²) in [6.45, 7) is 2.11. The topological polar surface area (TPSA) is 67.4 Å². The van der Waals surface area contributed by atoms with Crippen molar-refractivity contribution in [3.63, 3.8) is 0 Å². The highest BCUT2D eigenvalue weighted by Gasteiger charge is 2.43. The zero-order valence-corrected chi connectivity index (χ0v) is 8.08. The SMILES string of the molecule is CCOC(=O)[C@@H]1NC(=O)[C@@H]2CCC1N2. The molecule has 5 heteroatoms. The van der Waals surface area contributed by atoms with Gasteiger partial charge in [-0.15, -0.1) is 0 Å². The van der Waals surface area contributed by atoms with E-state index >= 15 is 0 Å². The Balaban J connectivity index is 2.05. The standard InChI is InChI=1S/C9H14N2O3/c1-2-14-9(13)7-5-3-4-6(10-5)8(12)11-7/h5-7,10H,2-4H2,1H3,(H,11,12)/t5?,6-,7+/m0/s1. The lowest BCUT2D eigenvalue weighted by atomic mass is 10.1. The number of nitrogens with one attached hydrogen (secondary N) is 2. The van der Waals surface area contributed by atoms with Crippen molar-refractivity contribution < 1.29 is 14.3 Å². The van der Waals surface area contributed by atoms with Gasteiger partial charge in [-0.2, -0.15) is 0 Å². The van der Waals surface area contributed by atoms with Crippen LogP contribution in [0.15, 0.2) is 0 Å². The third-order valence-electron chi connectivity index (χ3n) is 2.74. The fraction of sp³-hybridized carbons (Fsp3) is 0.778. The Labute approximate surface area is 82.2 Å². The van der Waals surface area contributed by atoms with Crippen LogP contribution in [0, 0.1) is 0 Å². The second kappa shape index (κ2) is 3.57. The maximum Gasteiger partial charge on any atom is 0.330 e. The number of hydrogen-bond acceptors (Lipinski definition) is 4. The molecule has 0 aromatic heterocycles. The van der Waals surface area contributed by atoms with Crippen molar-refractivity contribution in [3.8, 4) is 0 Å². The van der Waals surface area contributed by atoms with Gasteiger partial charge < -0.3 is 15.4 Å². The van der Waals surface area contributed by atoms with Crippen LogP contribution >= 0.6 is 0 Å². The van der Waals surface area contributed by atoms with Gasteiger partial charge in [0.15, 0.2) is 0 Å². The predicted octanol–water partition coefficient (Wildman–Crippen LogP) is -0.831. The lowest BCUT2D eigenvalue weighted by molar-refractivity contribution is -0.149. The molecule has 2 heterocycles. The fourth-order valence-corrected chi connectivity index (χ4v) is 2.05. The van der Waals surface area contributed by atoms with Crippen LogP contribution in [0.2, 0.25) is 0 Å². The molecule has 0 aromatic rings. The first-order valence-electron chi connectivity index (χ1n) is 4.95. The fourth-order valence-electron chi connectivity index (χ4n) is 2.05.